The van der Waals surface area contributed by atoms with Crippen LogP contribution in [-0.4, -0.2) is 25.8 Å². The van der Waals surface area contributed by atoms with Crippen LogP contribution in [0.25, 0.3) is 27.8 Å². The zero-order valence-electron chi connectivity index (χ0n) is 15.4. The first kappa shape index (κ1) is 17.0. The highest BCUT2D eigenvalue weighted by Gasteiger charge is 2.24. The second kappa shape index (κ2) is 6.36. The summed E-state index contributed by atoms with van der Waals surface area (Å²) < 4.78 is 1.69. The predicted octanol–water partition coefficient (Wildman–Crippen LogP) is 4.71. The van der Waals surface area contributed by atoms with E-state index in [1.807, 2.05) is 75.4 Å². The van der Waals surface area contributed by atoms with Gasteiger partial charge < -0.3 is 5.11 Å². The first-order valence-electron chi connectivity index (χ1n) is 8.72. The molecule has 0 aliphatic rings. The van der Waals surface area contributed by atoms with Crippen molar-refractivity contribution < 1.29 is 9.90 Å². The van der Waals surface area contributed by atoms with Crippen LogP contribution in [0.1, 0.15) is 27.3 Å². The van der Waals surface area contributed by atoms with Gasteiger partial charge in [-0.15, -0.1) is 0 Å². The Balaban J connectivity index is 2.21. The van der Waals surface area contributed by atoms with E-state index in [4.69, 9.17) is 4.98 Å². The highest BCUT2D eigenvalue weighted by atomic mass is 16.4. The van der Waals surface area contributed by atoms with Gasteiger partial charge >= 0.3 is 5.97 Å². The van der Waals surface area contributed by atoms with Crippen LogP contribution in [0.4, 0.5) is 0 Å². The molecule has 0 radical (unpaired) electrons. The lowest BCUT2D eigenvalue weighted by Gasteiger charge is -2.16. The summed E-state index contributed by atoms with van der Waals surface area (Å²) in [5.41, 5.74) is 5.50. The quantitative estimate of drug-likeness (QED) is 0.576. The molecule has 0 spiro atoms. The molecule has 134 valence electrons. The zero-order valence-corrected chi connectivity index (χ0v) is 15.4. The van der Waals surface area contributed by atoms with E-state index in [0.29, 0.717) is 22.3 Å². The van der Waals surface area contributed by atoms with Gasteiger partial charge in [0.05, 0.1) is 22.5 Å². The maximum absolute atomic E-state index is 12.4. The average molecular weight is 357 g/mol. The van der Waals surface area contributed by atoms with Crippen LogP contribution in [0, 0.1) is 20.8 Å². The molecule has 2 heterocycles. The molecule has 5 nitrogen and oxygen atoms in total. The van der Waals surface area contributed by atoms with Crippen LogP contribution in [0.5, 0.6) is 0 Å². The molecule has 0 aliphatic carbocycles. The summed E-state index contributed by atoms with van der Waals surface area (Å²) in [5.74, 6) is -0.993. The summed E-state index contributed by atoms with van der Waals surface area (Å²) >= 11 is 0. The van der Waals surface area contributed by atoms with E-state index in [0.717, 1.165) is 22.5 Å². The third-order valence-electron chi connectivity index (χ3n) is 4.60. The third-order valence-corrected chi connectivity index (χ3v) is 4.60. The number of rotatable bonds is 3. The summed E-state index contributed by atoms with van der Waals surface area (Å²) in [6.07, 6.45) is 0. The largest absolute Gasteiger partial charge is 0.478 e. The van der Waals surface area contributed by atoms with Gasteiger partial charge in [0.2, 0.25) is 0 Å². The van der Waals surface area contributed by atoms with Crippen molar-refractivity contribution in [2.45, 2.75) is 20.8 Å². The Kier molecular flexibility index (Phi) is 4.00. The topological polar surface area (TPSA) is 68.0 Å². The molecule has 1 N–H and O–H groups in total. The first-order chi connectivity index (χ1) is 13.0. The number of carbonyl (C=O) groups is 1. The van der Waals surface area contributed by atoms with Crippen molar-refractivity contribution >= 4 is 16.9 Å². The van der Waals surface area contributed by atoms with Gasteiger partial charge in [-0.1, -0.05) is 42.0 Å². The van der Waals surface area contributed by atoms with Gasteiger partial charge in [0.1, 0.15) is 5.69 Å². The standard InChI is InChI=1S/C22H19N3O2/c1-13-9-10-18-17(11-13)19(22(26)27)21(25-15(3)12-14(2)24-25)20(23-18)16-7-5-4-6-8-16/h4-12H,1-3H3,(H,26,27). The summed E-state index contributed by atoms with van der Waals surface area (Å²) in [4.78, 5) is 17.2. The smallest absolute Gasteiger partial charge is 0.338 e. The van der Waals surface area contributed by atoms with Gasteiger partial charge in [-0.05, 0) is 39.0 Å². The summed E-state index contributed by atoms with van der Waals surface area (Å²) in [7, 11) is 0. The lowest BCUT2D eigenvalue weighted by molar-refractivity contribution is 0.0699. The number of benzene rings is 2. The number of nitrogens with zero attached hydrogens (tertiary/aromatic N) is 3. The number of aromatic nitrogens is 3. The Morgan fingerprint density at radius 2 is 1.74 bits per heavy atom. The number of hydrogen-bond acceptors (Lipinski definition) is 3. The summed E-state index contributed by atoms with van der Waals surface area (Å²) in [6.45, 7) is 5.75. The van der Waals surface area contributed by atoms with E-state index >= 15 is 0 Å². The van der Waals surface area contributed by atoms with Crippen molar-refractivity contribution in [3.63, 3.8) is 0 Å². The van der Waals surface area contributed by atoms with Crippen LogP contribution < -0.4 is 0 Å². The number of carboxylic acids is 1. The fourth-order valence-corrected chi connectivity index (χ4v) is 3.44. The Hall–Kier alpha value is -3.47. The molecule has 4 aromatic rings. The van der Waals surface area contributed by atoms with E-state index in [1.54, 1.807) is 4.68 Å². The molecule has 0 unspecified atom stereocenters. The maximum Gasteiger partial charge on any atom is 0.338 e. The number of fused-ring (bicyclic) bond motifs is 1. The van der Waals surface area contributed by atoms with Gasteiger partial charge in [0, 0.05) is 16.6 Å². The van der Waals surface area contributed by atoms with Crippen molar-refractivity contribution in [3.05, 3.63) is 77.1 Å². The fourth-order valence-electron chi connectivity index (χ4n) is 3.44. The van der Waals surface area contributed by atoms with Crippen molar-refractivity contribution in [1.82, 2.24) is 14.8 Å². The maximum atomic E-state index is 12.4. The number of pyridine rings is 1. The normalized spacial score (nSPS) is 11.1. The van der Waals surface area contributed by atoms with Gasteiger partial charge in [0.15, 0.2) is 0 Å². The zero-order chi connectivity index (χ0) is 19.1. The number of hydrogen-bond donors (Lipinski definition) is 1. The molecular weight excluding hydrogens is 338 g/mol. The van der Waals surface area contributed by atoms with Crippen molar-refractivity contribution in [2.24, 2.45) is 0 Å². The minimum atomic E-state index is -0.993. The Morgan fingerprint density at radius 3 is 2.37 bits per heavy atom. The fraction of sp³-hybridized carbons (Fsp3) is 0.136. The molecule has 0 amide bonds. The van der Waals surface area contributed by atoms with Crippen molar-refractivity contribution in [1.29, 1.82) is 0 Å². The molecule has 2 aromatic heterocycles. The molecule has 27 heavy (non-hydrogen) atoms. The minimum absolute atomic E-state index is 0.216. The molecule has 0 bridgehead atoms. The van der Waals surface area contributed by atoms with E-state index < -0.39 is 5.97 Å². The Labute approximate surface area is 156 Å². The van der Waals surface area contributed by atoms with Crippen LogP contribution in [0.3, 0.4) is 0 Å². The molecule has 0 saturated heterocycles. The number of aryl methyl sites for hydroxylation is 3. The highest BCUT2D eigenvalue weighted by molar-refractivity contribution is 6.08. The van der Waals surface area contributed by atoms with Gasteiger partial charge in [-0.25, -0.2) is 14.5 Å². The second-order valence-electron chi connectivity index (χ2n) is 6.71. The Morgan fingerprint density at radius 1 is 1.00 bits per heavy atom. The highest BCUT2D eigenvalue weighted by Crippen LogP contribution is 2.34. The van der Waals surface area contributed by atoms with Gasteiger partial charge in [0.25, 0.3) is 0 Å². The molecule has 0 aliphatic heterocycles. The van der Waals surface area contributed by atoms with Crippen LogP contribution in [-0.2, 0) is 0 Å². The van der Waals surface area contributed by atoms with Crippen molar-refractivity contribution in [3.8, 4) is 16.9 Å². The van der Waals surface area contributed by atoms with E-state index in [-0.39, 0.29) is 5.56 Å². The molecule has 0 saturated carbocycles. The van der Waals surface area contributed by atoms with E-state index in [2.05, 4.69) is 5.10 Å². The van der Waals surface area contributed by atoms with Crippen LogP contribution >= 0.6 is 0 Å². The predicted molar refractivity (Wildman–Crippen MR) is 105 cm³/mol. The Bertz CT molecular complexity index is 1180. The summed E-state index contributed by atoms with van der Waals surface area (Å²) in [6, 6.07) is 17.2. The molecule has 0 fully saturated rings. The third kappa shape index (κ3) is 2.87. The molecule has 4 rings (SSSR count). The summed E-state index contributed by atoms with van der Waals surface area (Å²) in [5, 5.41) is 15.3. The van der Waals surface area contributed by atoms with Crippen LogP contribution in [0.2, 0.25) is 0 Å². The SMILES string of the molecule is Cc1ccc2nc(-c3ccccc3)c(-n3nc(C)cc3C)c(C(=O)O)c2c1. The minimum Gasteiger partial charge on any atom is -0.478 e. The molecule has 2 aromatic carbocycles. The lowest BCUT2D eigenvalue weighted by Crippen LogP contribution is -2.12. The van der Waals surface area contributed by atoms with E-state index in [9.17, 15) is 9.90 Å². The molecule has 5 heteroatoms. The lowest BCUT2D eigenvalue weighted by atomic mass is 9.99. The first-order valence-corrected chi connectivity index (χ1v) is 8.72. The van der Waals surface area contributed by atoms with E-state index in [1.165, 1.54) is 0 Å². The monoisotopic (exact) mass is 357 g/mol. The average Bonchev–Trinajstić information content (AvgIpc) is 2.98. The van der Waals surface area contributed by atoms with Gasteiger partial charge in [-0.2, -0.15) is 5.10 Å². The number of carboxylic acid groups (broad SMARTS) is 1. The molecular formula is C22H19N3O2. The second-order valence-corrected chi connectivity index (χ2v) is 6.71. The number of aromatic carboxylic acids is 1. The van der Waals surface area contributed by atoms with Gasteiger partial charge in [-0.3, -0.25) is 0 Å². The molecule has 0 atom stereocenters. The van der Waals surface area contributed by atoms with Crippen LogP contribution in [0.15, 0.2) is 54.6 Å². The van der Waals surface area contributed by atoms with Crippen molar-refractivity contribution in [2.75, 3.05) is 0 Å².